The van der Waals surface area contributed by atoms with Crippen LogP contribution in [-0.2, 0) is 11.8 Å². The number of aliphatic carboxylic acids is 1. The number of aryl methyl sites for hydroxylation is 1. The summed E-state index contributed by atoms with van der Waals surface area (Å²) in [5.74, 6) is -1.87. The van der Waals surface area contributed by atoms with Gasteiger partial charge in [-0.25, -0.2) is 0 Å². The van der Waals surface area contributed by atoms with E-state index < -0.39 is 11.9 Å². The van der Waals surface area contributed by atoms with E-state index in [1.54, 1.807) is 28.8 Å². The Morgan fingerprint density at radius 2 is 1.91 bits per heavy atom. The lowest BCUT2D eigenvalue weighted by molar-refractivity contribution is -0.141. The number of nitrogens with zero attached hydrogens (tertiary/aromatic N) is 2. The largest absolute Gasteiger partial charge is 0.481 e. The molecule has 5 nitrogen and oxygen atoms in total. The summed E-state index contributed by atoms with van der Waals surface area (Å²) in [4.78, 5) is 25.9. The van der Waals surface area contributed by atoms with Crippen LogP contribution >= 0.6 is 11.6 Å². The molecule has 120 valence electrons. The Morgan fingerprint density at radius 3 is 2.48 bits per heavy atom. The first-order valence-electron chi connectivity index (χ1n) is 7.36. The smallest absolute Gasteiger partial charge is 0.308 e. The van der Waals surface area contributed by atoms with Gasteiger partial charge in [-0.1, -0.05) is 41.9 Å². The first-order valence-corrected chi connectivity index (χ1v) is 7.74. The van der Waals surface area contributed by atoms with Crippen molar-refractivity contribution in [2.45, 2.75) is 5.92 Å². The van der Waals surface area contributed by atoms with Gasteiger partial charge in [-0.2, -0.15) is 0 Å². The number of carboxylic acid groups (broad SMARTS) is 1. The molecule has 23 heavy (non-hydrogen) atoms. The summed E-state index contributed by atoms with van der Waals surface area (Å²) >= 11 is 5.93. The first-order chi connectivity index (χ1) is 11.0. The zero-order valence-corrected chi connectivity index (χ0v) is 13.4. The van der Waals surface area contributed by atoms with Crippen LogP contribution in [0.3, 0.4) is 0 Å². The summed E-state index contributed by atoms with van der Waals surface area (Å²) in [6, 6.07) is 11.1. The molecule has 1 aromatic carbocycles. The van der Waals surface area contributed by atoms with Crippen LogP contribution in [0.4, 0.5) is 0 Å². The van der Waals surface area contributed by atoms with Gasteiger partial charge in [0.05, 0.1) is 10.9 Å². The van der Waals surface area contributed by atoms with Crippen molar-refractivity contribution in [2.75, 3.05) is 13.1 Å². The van der Waals surface area contributed by atoms with E-state index in [-0.39, 0.29) is 18.4 Å². The summed E-state index contributed by atoms with van der Waals surface area (Å²) in [7, 11) is 1.75. The maximum absolute atomic E-state index is 12.7. The number of hydrogen-bond acceptors (Lipinski definition) is 2. The lowest BCUT2D eigenvalue weighted by Crippen LogP contribution is -2.31. The number of benzene rings is 1. The molecule has 1 aliphatic heterocycles. The number of halogens is 1. The third-order valence-corrected chi connectivity index (χ3v) is 4.55. The Balaban J connectivity index is 1.87. The molecular weight excluding hydrogens is 316 g/mol. The fourth-order valence-corrected chi connectivity index (χ4v) is 3.41. The van der Waals surface area contributed by atoms with Gasteiger partial charge in [-0.15, -0.1) is 0 Å². The summed E-state index contributed by atoms with van der Waals surface area (Å²) < 4.78 is 1.66. The van der Waals surface area contributed by atoms with Gasteiger partial charge in [0, 0.05) is 32.3 Å². The molecule has 0 bridgehead atoms. The third-order valence-electron chi connectivity index (χ3n) is 4.34. The lowest BCUT2D eigenvalue weighted by atomic mass is 9.89. The van der Waals surface area contributed by atoms with Crippen molar-refractivity contribution >= 4 is 23.5 Å². The highest BCUT2D eigenvalue weighted by atomic mass is 35.5. The van der Waals surface area contributed by atoms with Crippen molar-refractivity contribution in [3.8, 4) is 0 Å². The van der Waals surface area contributed by atoms with Crippen LogP contribution in [0.1, 0.15) is 22.0 Å². The van der Waals surface area contributed by atoms with E-state index in [9.17, 15) is 14.7 Å². The molecule has 2 atom stereocenters. The van der Waals surface area contributed by atoms with Crippen molar-refractivity contribution in [1.29, 1.82) is 0 Å². The van der Waals surface area contributed by atoms with Gasteiger partial charge >= 0.3 is 5.97 Å². The van der Waals surface area contributed by atoms with E-state index in [1.807, 2.05) is 30.3 Å². The lowest BCUT2D eigenvalue weighted by Gasteiger charge is -2.16. The Morgan fingerprint density at radius 1 is 1.22 bits per heavy atom. The quantitative estimate of drug-likeness (QED) is 0.939. The molecule has 1 amide bonds. The first kappa shape index (κ1) is 15.6. The second-order valence-electron chi connectivity index (χ2n) is 5.83. The van der Waals surface area contributed by atoms with E-state index in [4.69, 9.17) is 11.6 Å². The van der Waals surface area contributed by atoms with Gasteiger partial charge in [0.15, 0.2) is 0 Å². The number of amides is 1. The zero-order chi connectivity index (χ0) is 16.6. The van der Waals surface area contributed by atoms with Gasteiger partial charge in [-0.05, 0) is 11.6 Å². The minimum Gasteiger partial charge on any atom is -0.481 e. The minimum absolute atomic E-state index is 0.191. The fraction of sp³-hybridized carbons (Fsp3) is 0.294. The Bertz CT molecular complexity index is 742. The van der Waals surface area contributed by atoms with Crippen LogP contribution in [-0.4, -0.2) is 39.5 Å². The van der Waals surface area contributed by atoms with Crippen LogP contribution in [0.5, 0.6) is 0 Å². The van der Waals surface area contributed by atoms with Gasteiger partial charge in [0.2, 0.25) is 0 Å². The second-order valence-corrected chi connectivity index (χ2v) is 6.26. The normalized spacial score (nSPS) is 20.7. The average Bonchev–Trinajstić information content (AvgIpc) is 3.11. The third kappa shape index (κ3) is 2.97. The van der Waals surface area contributed by atoms with Crippen molar-refractivity contribution < 1.29 is 14.7 Å². The molecule has 0 radical (unpaired) electrons. The molecule has 6 heteroatoms. The van der Waals surface area contributed by atoms with Crippen LogP contribution in [0.15, 0.2) is 42.6 Å². The average molecular weight is 333 g/mol. The SMILES string of the molecule is Cn1cc(Cl)cc1C(=O)N1CC(C(=O)O)C(c2ccccc2)C1. The fourth-order valence-electron chi connectivity index (χ4n) is 3.16. The maximum atomic E-state index is 12.7. The number of carboxylic acids is 1. The van der Waals surface area contributed by atoms with Crippen molar-refractivity contribution in [3.05, 3.63) is 58.9 Å². The van der Waals surface area contributed by atoms with Crippen molar-refractivity contribution in [2.24, 2.45) is 13.0 Å². The number of rotatable bonds is 3. The summed E-state index contributed by atoms with van der Waals surface area (Å²) in [5, 5.41) is 10.00. The number of likely N-dealkylation sites (tertiary alicyclic amines) is 1. The Hall–Kier alpha value is -2.27. The van der Waals surface area contributed by atoms with Crippen LogP contribution in [0.2, 0.25) is 5.02 Å². The van der Waals surface area contributed by atoms with Crippen molar-refractivity contribution in [1.82, 2.24) is 9.47 Å². The van der Waals surface area contributed by atoms with E-state index in [2.05, 4.69) is 0 Å². The minimum atomic E-state index is -0.876. The van der Waals surface area contributed by atoms with Crippen molar-refractivity contribution in [3.63, 3.8) is 0 Å². The standard InChI is InChI=1S/C17H17ClN2O3/c1-19-8-12(18)7-15(19)16(21)20-9-13(14(10-20)17(22)23)11-5-3-2-4-6-11/h2-8,13-14H,9-10H2,1H3,(H,22,23). The molecule has 2 unspecified atom stereocenters. The topological polar surface area (TPSA) is 62.5 Å². The van der Waals surface area contributed by atoms with E-state index in [0.29, 0.717) is 17.3 Å². The molecule has 2 aromatic rings. The maximum Gasteiger partial charge on any atom is 0.308 e. The van der Waals surface area contributed by atoms with E-state index in [1.165, 1.54) is 0 Å². The van der Waals surface area contributed by atoms with Gasteiger partial charge < -0.3 is 14.6 Å². The number of aromatic nitrogens is 1. The monoisotopic (exact) mass is 332 g/mol. The highest BCUT2D eigenvalue weighted by Gasteiger charge is 2.41. The van der Waals surface area contributed by atoms with Crippen LogP contribution in [0.25, 0.3) is 0 Å². The molecule has 1 fully saturated rings. The molecule has 0 aliphatic carbocycles. The zero-order valence-electron chi connectivity index (χ0n) is 12.6. The molecular formula is C17H17ClN2O3. The second kappa shape index (κ2) is 6.08. The Labute approximate surface area is 139 Å². The predicted octanol–water partition coefficient (Wildman–Crippen LogP) is 2.62. The van der Waals surface area contributed by atoms with Gasteiger partial charge in [0.1, 0.15) is 5.69 Å². The molecule has 1 N–H and O–H groups in total. The van der Waals surface area contributed by atoms with Crippen LogP contribution < -0.4 is 0 Å². The highest BCUT2D eigenvalue weighted by molar-refractivity contribution is 6.31. The number of carbonyl (C=O) groups is 2. The van der Waals surface area contributed by atoms with Gasteiger partial charge in [-0.3, -0.25) is 9.59 Å². The predicted molar refractivity (Wildman–Crippen MR) is 86.6 cm³/mol. The number of carbonyl (C=O) groups excluding carboxylic acids is 1. The molecule has 1 aliphatic rings. The van der Waals surface area contributed by atoms with Gasteiger partial charge in [0.25, 0.3) is 5.91 Å². The summed E-state index contributed by atoms with van der Waals surface area (Å²) in [6.45, 7) is 0.596. The molecule has 0 saturated carbocycles. The summed E-state index contributed by atoms with van der Waals surface area (Å²) in [5.41, 5.74) is 1.41. The van der Waals surface area contributed by atoms with Crippen LogP contribution in [0, 0.1) is 5.92 Å². The molecule has 2 heterocycles. The number of hydrogen-bond donors (Lipinski definition) is 1. The molecule has 1 aromatic heterocycles. The van der Waals surface area contributed by atoms with E-state index >= 15 is 0 Å². The molecule has 0 spiro atoms. The van der Waals surface area contributed by atoms with E-state index in [0.717, 1.165) is 5.56 Å². The summed E-state index contributed by atoms with van der Waals surface area (Å²) in [6.07, 6.45) is 1.66. The molecule has 3 rings (SSSR count). The highest BCUT2D eigenvalue weighted by Crippen LogP contribution is 2.33. The molecule has 1 saturated heterocycles. The Kier molecular flexibility index (Phi) is 4.13.